The summed E-state index contributed by atoms with van der Waals surface area (Å²) in [4.78, 5) is 0. The van der Waals surface area contributed by atoms with Crippen molar-refractivity contribution in [3.05, 3.63) is 0 Å². The van der Waals surface area contributed by atoms with Crippen LogP contribution in [0.25, 0.3) is 0 Å². The average Bonchev–Trinajstić information content (AvgIpc) is 1.98. The van der Waals surface area contributed by atoms with Gasteiger partial charge in [-0.15, -0.1) is 0 Å². The maximum Gasteiger partial charge on any atom is 0.210 e. The van der Waals surface area contributed by atoms with Crippen molar-refractivity contribution in [2.75, 3.05) is 6.61 Å². The Hall–Kier alpha value is -0.0400. The second-order valence-electron chi connectivity index (χ2n) is 2.71. The zero-order valence-corrected chi connectivity index (χ0v) is 6.52. The molecule has 0 rings (SSSR count). The van der Waals surface area contributed by atoms with Crippen LogP contribution in [-0.4, -0.2) is 13.1 Å². The first kappa shape index (κ1) is 7.07. The van der Waals surface area contributed by atoms with Crippen LogP contribution in [0.15, 0.2) is 0 Å². The summed E-state index contributed by atoms with van der Waals surface area (Å²) in [6.07, 6.45) is 4.78. The molecule has 0 saturated carbocycles. The Morgan fingerprint density at radius 1 is 1.56 bits per heavy atom. The maximum absolute atomic E-state index is 6.43. The summed E-state index contributed by atoms with van der Waals surface area (Å²) in [5.41, 5.74) is 0. The van der Waals surface area contributed by atoms with Crippen LogP contribution in [0.1, 0.15) is 39.5 Å². The maximum atomic E-state index is 6.43. The first-order chi connectivity index (χ1) is 4.81. The minimum Gasteiger partial charge on any atom is -0.396 e. The quantitative estimate of drug-likeness (QED) is 0.549. The van der Waals surface area contributed by atoms with E-state index in [0.29, 0.717) is 6.61 Å². The van der Waals surface area contributed by atoms with E-state index in [1.165, 1.54) is 19.3 Å². The summed E-state index contributed by atoms with van der Waals surface area (Å²) in [6, 6.07) is 0. The SMILES string of the molecule is [3H]OCCCCC(C)CC. The van der Waals surface area contributed by atoms with Crippen LogP contribution >= 0.6 is 0 Å². The Morgan fingerprint density at radius 2 is 2.33 bits per heavy atom. The fraction of sp³-hybridized carbons (Fsp3) is 1.00. The minimum atomic E-state index is 0.594. The van der Waals surface area contributed by atoms with Crippen LogP contribution in [-0.2, 0) is 0 Å². The van der Waals surface area contributed by atoms with E-state index in [4.69, 9.17) is 1.43 Å². The Balaban J connectivity index is 2.89. The largest absolute Gasteiger partial charge is 0.396 e. The summed E-state index contributed by atoms with van der Waals surface area (Å²) in [6.45, 7) is 5.07. The van der Waals surface area contributed by atoms with E-state index in [0.717, 1.165) is 12.3 Å². The molecule has 0 amide bonds. The van der Waals surface area contributed by atoms with Gasteiger partial charge >= 0.3 is 0 Å². The predicted molar refractivity (Wildman–Crippen MR) is 40.4 cm³/mol. The number of unbranched alkanes of at least 4 members (excludes halogenated alkanes) is 1. The van der Waals surface area contributed by atoms with Gasteiger partial charge in [0.15, 0.2) is 0 Å². The molecule has 0 bridgehead atoms. The molecule has 0 aromatic carbocycles. The van der Waals surface area contributed by atoms with Crippen LogP contribution in [0.4, 0.5) is 0 Å². The van der Waals surface area contributed by atoms with Gasteiger partial charge in [0.05, 0.1) is 0 Å². The number of aliphatic hydroxyl groups excluding tert-OH is 1. The molecule has 0 fully saturated rings. The number of rotatable bonds is 6. The third-order valence-corrected chi connectivity index (χ3v) is 1.79. The average molecular weight is 132 g/mol. The molecule has 1 unspecified atom stereocenters. The van der Waals surface area contributed by atoms with E-state index >= 15 is 0 Å². The molecule has 56 valence electrons. The fourth-order valence-corrected chi connectivity index (χ4v) is 0.799. The molecule has 1 heteroatoms. The van der Waals surface area contributed by atoms with Crippen LogP contribution in [0.5, 0.6) is 0 Å². The molecule has 1 N–H and O–H groups in total. The van der Waals surface area contributed by atoms with Crippen molar-refractivity contribution in [1.82, 2.24) is 0 Å². The monoisotopic (exact) mass is 132 g/mol. The molecule has 0 aliphatic carbocycles. The van der Waals surface area contributed by atoms with Gasteiger partial charge in [-0.05, 0) is 12.3 Å². The molecule has 1 nitrogen and oxygen atoms in total. The highest BCUT2D eigenvalue weighted by atomic mass is 16.2. The zero-order valence-electron chi connectivity index (χ0n) is 7.52. The highest BCUT2D eigenvalue weighted by Gasteiger charge is 1.96. The molecular formula is C8H18O. The lowest BCUT2D eigenvalue weighted by molar-refractivity contribution is 0.278. The second kappa shape index (κ2) is 6.09. The van der Waals surface area contributed by atoms with Gasteiger partial charge < -0.3 is 5.11 Å². The lowest BCUT2D eigenvalue weighted by Crippen LogP contribution is -1.92. The zero-order chi connectivity index (χ0) is 7.82. The number of aliphatic hydroxyl groups is 1. The summed E-state index contributed by atoms with van der Waals surface area (Å²) in [7, 11) is 0. The molecule has 9 heavy (non-hydrogen) atoms. The molecule has 0 saturated heterocycles. The number of hydrogen-bond acceptors (Lipinski definition) is 1. The molecule has 0 radical (unpaired) electrons. The lowest BCUT2D eigenvalue weighted by atomic mass is 10.0. The highest BCUT2D eigenvalue weighted by molar-refractivity contribution is 4.49. The molecule has 0 aliphatic heterocycles. The standard InChI is InChI=1S/C8H18O/c1-3-8(2)6-4-5-7-9/h8-9H,3-7H2,1-2H3/i9T. The van der Waals surface area contributed by atoms with E-state index in [1.807, 2.05) is 0 Å². The van der Waals surface area contributed by atoms with Gasteiger partial charge in [0, 0.05) is 6.61 Å². The van der Waals surface area contributed by atoms with Crippen molar-refractivity contribution in [3.8, 4) is 0 Å². The predicted octanol–water partition coefficient (Wildman–Crippen LogP) is 2.20. The Kier molecular flexibility index (Phi) is 4.78. The van der Waals surface area contributed by atoms with E-state index in [1.54, 1.807) is 0 Å². The van der Waals surface area contributed by atoms with Crippen molar-refractivity contribution < 1.29 is 5.11 Å². The molecule has 0 aromatic heterocycles. The van der Waals surface area contributed by atoms with Gasteiger partial charge in [-0.2, -0.15) is 0 Å². The topological polar surface area (TPSA) is 20.2 Å². The van der Waals surface area contributed by atoms with Crippen LogP contribution in [0, 0.1) is 5.92 Å². The van der Waals surface area contributed by atoms with Crippen molar-refractivity contribution in [3.63, 3.8) is 0 Å². The first-order valence-corrected chi connectivity index (χ1v) is 3.89. The Morgan fingerprint density at radius 3 is 2.89 bits per heavy atom. The van der Waals surface area contributed by atoms with Gasteiger partial charge in [-0.25, -0.2) is 0 Å². The van der Waals surface area contributed by atoms with Crippen LogP contribution in [0.2, 0.25) is 0 Å². The molecule has 0 spiro atoms. The van der Waals surface area contributed by atoms with E-state index in [-0.39, 0.29) is 0 Å². The summed E-state index contributed by atoms with van der Waals surface area (Å²) in [5.74, 6) is 0.839. The van der Waals surface area contributed by atoms with Gasteiger partial charge in [0.1, 0.15) is 0 Å². The van der Waals surface area contributed by atoms with E-state index < -0.39 is 0 Å². The van der Waals surface area contributed by atoms with Crippen LogP contribution < -0.4 is 0 Å². The fourth-order valence-electron chi connectivity index (χ4n) is 0.799. The summed E-state index contributed by atoms with van der Waals surface area (Å²) >= 11 is 0. The summed E-state index contributed by atoms with van der Waals surface area (Å²) in [5, 5.41) is 4.21. The highest BCUT2D eigenvalue weighted by Crippen LogP contribution is 2.09. The Bertz CT molecular complexity index is 66.3. The van der Waals surface area contributed by atoms with E-state index in [9.17, 15) is 0 Å². The minimum absolute atomic E-state index is 0.594. The normalized spacial score (nSPS) is 15.1. The van der Waals surface area contributed by atoms with Gasteiger partial charge in [0.25, 0.3) is 0 Å². The van der Waals surface area contributed by atoms with Crippen molar-refractivity contribution in [2.24, 2.45) is 5.92 Å². The molecule has 0 heterocycles. The van der Waals surface area contributed by atoms with Crippen molar-refractivity contribution in [2.45, 2.75) is 39.5 Å². The third-order valence-electron chi connectivity index (χ3n) is 1.79. The lowest BCUT2D eigenvalue weighted by Gasteiger charge is -2.05. The summed E-state index contributed by atoms with van der Waals surface area (Å²) < 4.78 is 6.43. The molecule has 0 aliphatic rings. The van der Waals surface area contributed by atoms with Gasteiger partial charge in [-0.1, -0.05) is 33.1 Å². The third kappa shape index (κ3) is 5.84. The molecular weight excluding hydrogens is 112 g/mol. The second-order valence-corrected chi connectivity index (χ2v) is 2.71. The van der Waals surface area contributed by atoms with Crippen molar-refractivity contribution >= 4 is 0 Å². The molecule has 1 atom stereocenters. The van der Waals surface area contributed by atoms with Gasteiger partial charge in [-0.3, -0.25) is 0 Å². The van der Waals surface area contributed by atoms with E-state index in [2.05, 4.69) is 19.0 Å². The Labute approximate surface area is 59.6 Å². The van der Waals surface area contributed by atoms with Gasteiger partial charge in [0.2, 0.25) is 1.43 Å². The number of hydrogen-bond donors (Lipinski definition) is 1. The van der Waals surface area contributed by atoms with Crippen LogP contribution in [0.3, 0.4) is 0 Å². The van der Waals surface area contributed by atoms with Crippen molar-refractivity contribution in [1.29, 1.82) is 1.43 Å². The molecule has 0 aromatic rings. The smallest absolute Gasteiger partial charge is 0.210 e. The first-order valence-electron chi connectivity index (χ1n) is 4.30.